The van der Waals surface area contributed by atoms with Crippen molar-refractivity contribution in [3.05, 3.63) is 89.7 Å². The molecular formula is C20H18F3N3O. The third kappa shape index (κ3) is 5.20. The summed E-state index contributed by atoms with van der Waals surface area (Å²) in [5, 5.41) is 6.31. The molecule has 0 radical (unpaired) electrons. The summed E-state index contributed by atoms with van der Waals surface area (Å²) < 4.78 is 38.9. The number of alkyl halides is 3. The zero-order chi connectivity index (χ0) is 19.3. The van der Waals surface area contributed by atoms with Gasteiger partial charge in [-0.2, -0.15) is 18.3 Å². The lowest BCUT2D eigenvalue weighted by Crippen LogP contribution is -2.33. The van der Waals surface area contributed by atoms with Crippen molar-refractivity contribution in [2.75, 3.05) is 0 Å². The first kappa shape index (κ1) is 18.7. The van der Waals surface area contributed by atoms with E-state index in [1.54, 1.807) is 0 Å². The molecule has 1 atom stereocenters. The number of amides is 1. The molecule has 3 rings (SSSR count). The average Bonchev–Trinajstić information content (AvgIpc) is 3.11. The number of halogens is 3. The molecule has 0 saturated carbocycles. The first-order valence-electron chi connectivity index (χ1n) is 8.41. The fraction of sp³-hybridized carbons (Fsp3) is 0.200. The van der Waals surface area contributed by atoms with E-state index in [0.29, 0.717) is 6.42 Å². The van der Waals surface area contributed by atoms with E-state index in [0.717, 1.165) is 28.1 Å². The van der Waals surface area contributed by atoms with E-state index in [9.17, 15) is 18.0 Å². The largest absolute Gasteiger partial charge is 0.435 e. The minimum absolute atomic E-state index is 0.284. The maximum Gasteiger partial charge on any atom is 0.435 e. The van der Waals surface area contributed by atoms with Crippen LogP contribution in [0.5, 0.6) is 0 Å². The van der Waals surface area contributed by atoms with Gasteiger partial charge in [0.15, 0.2) is 5.69 Å². The topological polar surface area (TPSA) is 46.9 Å². The van der Waals surface area contributed by atoms with Crippen LogP contribution in [0.2, 0.25) is 0 Å². The second-order valence-electron chi connectivity index (χ2n) is 6.12. The zero-order valence-electron chi connectivity index (χ0n) is 14.4. The van der Waals surface area contributed by atoms with Gasteiger partial charge < -0.3 is 5.32 Å². The van der Waals surface area contributed by atoms with Crippen LogP contribution in [0.4, 0.5) is 13.2 Å². The normalized spacial score (nSPS) is 12.6. The second-order valence-corrected chi connectivity index (χ2v) is 6.12. The Bertz CT molecular complexity index is 876. The average molecular weight is 373 g/mol. The number of aromatic nitrogens is 2. The SMILES string of the molecule is O=C(Cn1ccc(C(F)(F)F)n1)N[C@H](Cc1ccccc1)c1ccccc1. The number of carbonyl (C=O) groups excluding carboxylic acids is 1. The highest BCUT2D eigenvalue weighted by Crippen LogP contribution is 2.27. The van der Waals surface area contributed by atoms with Gasteiger partial charge in [0.2, 0.25) is 5.91 Å². The second kappa shape index (κ2) is 8.07. The molecule has 0 fully saturated rings. The quantitative estimate of drug-likeness (QED) is 0.710. The molecule has 1 amide bonds. The van der Waals surface area contributed by atoms with Gasteiger partial charge in [0, 0.05) is 6.20 Å². The van der Waals surface area contributed by atoms with Gasteiger partial charge in [0.05, 0.1) is 6.04 Å². The highest BCUT2D eigenvalue weighted by molar-refractivity contribution is 5.76. The van der Waals surface area contributed by atoms with Crippen molar-refractivity contribution in [2.24, 2.45) is 0 Å². The van der Waals surface area contributed by atoms with E-state index < -0.39 is 17.8 Å². The van der Waals surface area contributed by atoms with Crippen LogP contribution >= 0.6 is 0 Å². The Morgan fingerprint density at radius 3 is 2.22 bits per heavy atom. The molecule has 1 heterocycles. The van der Waals surface area contributed by atoms with Crippen LogP contribution in [0.25, 0.3) is 0 Å². The monoisotopic (exact) mass is 373 g/mol. The highest BCUT2D eigenvalue weighted by atomic mass is 19.4. The first-order chi connectivity index (χ1) is 12.9. The van der Waals surface area contributed by atoms with E-state index in [1.807, 2.05) is 60.7 Å². The van der Waals surface area contributed by atoms with E-state index in [4.69, 9.17) is 0 Å². The summed E-state index contributed by atoms with van der Waals surface area (Å²) in [4.78, 5) is 12.4. The lowest BCUT2D eigenvalue weighted by Gasteiger charge is -2.19. The maximum atomic E-state index is 12.6. The lowest BCUT2D eigenvalue weighted by atomic mass is 9.99. The molecule has 0 saturated heterocycles. The summed E-state index contributed by atoms with van der Waals surface area (Å²) in [6, 6.07) is 19.7. The molecule has 1 aromatic heterocycles. The minimum Gasteiger partial charge on any atom is -0.347 e. The molecule has 0 bridgehead atoms. The predicted octanol–water partition coefficient (Wildman–Crippen LogP) is 4.00. The Labute approximate surface area is 154 Å². The summed E-state index contributed by atoms with van der Waals surface area (Å²) in [6.45, 7) is -0.284. The van der Waals surface area contributed by atoms with Crippen molar-refractivity contribution < 1.29 is 18.0 Å². The Hall–Kier alpha value is -3.09. The van der Waals surface area contributed by atoms with Crippen molar-refractivity contribution in [3.63, 3.8) is 0 Å². The number of hydrogen-bond donors (Lipinski definition) is 1. The first-order valence-corrected chi connectivity index (χ1v) is 8.41. The number of rotatable bonds is 6. The van der Waals surface area contributed by atoms with Crippen LogP contribution in [0.3, 0.4) is 0 Å². The van der Waals surface area contributed by atoms with Crippen LogP contribution in [0.1, 0.15) is 22.9 Å². The number of hydrogen-bond acceptors (Lipinski definition) is 2. The number of nitrogens with one attached hydrogen (secondary N) is 1. The van der Waals surface area contributed by atoms with Crippen molar-refractivity contribution in [1.82, 2.24) is 15.1 Å². The number of nitrogens with zero attached hydrogens (tertiary/aromatic N) is 2. The van der Waals surface area contributed by atoms with Gasteiger partial charge in [-0.1, -0.05) is 60.7 Å². The van der Waals surface area contributed by atoms with Crippen LogP contribution < -0.4 is 5.32 Å². The molecule has 0 aliphatic rings. The summed E-state index contributed by atoms with van der Waals surface area (Å²) in [5.41, 5.74) is 0.954. The lowest BCUT2D eigenvalue weighted by molar-refractivity contribution is -0.141. The van der Waals surface area contributed by atoms with Gasteiger partial charge in [0.1, 0.15) is 6.54 Å². The Balaban J connectivity index is 1.71. The van der Waals surface area contributed by atoms with Crippen LogP contribution in [0, 0.1) is 0 Å². The molecule has 0 aliphatic carbocycles. The smallest absolute Gasteiger partial charge is 0.347 e. The Kier molecular flexibility index (Phi) is 5.59. The van der Waals surface area contributed by atoms with Crippen molar-refractivity contribution in [2.45, 2.75) is 25.2 Å². The molecule has 3 aromatic rings. The summed E-state index contributed by atoms with van der Waals surface area (Å²) in [5.74, 6) is -0.406. The molecule has 0 unspecified atom stereocenters. The molecule has 0 spiro atoms. The van der Waals surface area contributed by atoms with E-state index in [1.165, 1.54) is 0 Å². The van der Waals surface area contributed by atoms with Crippen molar-refractivity contribution >= 4 is 5.91 Å². The van der Waals surface area contributed by atoms with E-state index >= 15 is 0 Å². The molecule has 1 N–H and O–H groups in total. The predicted molar refractivity (Wildman–Crippen MR) is 94.7 cm³/mol. The Morgan fingerprint density at radius 1 is 1.00 bits per heavy atom. The molecule has 4 nitrogen and oxygen atoms in total. The molecule has 140 valence electrons. The van der Waals surface area contributed by atoms with Crippen LogP contribution in [-0.2, 0) is 23.9 Å². The maximum absolute atomic E-state index is 12.6. The molecule has 2 aromatic carbocycles. The van der Waals surface area contributed by atoms with Crippen molar-refractivity contribution in [3.8, 4) is 0 Å². The van der Waals surface area contributed by atoms with E-state index in [-0.39, 0.29) is 12.6 Å². The molecule has 0 aliphatic heterocycles. The third-order valence-electron chi connectivity index (χ3n) is 4.06. The van der Waals surface area contributed by atoms with Gasteiger partial charge in [-0.3, -0.25) is 9.48 Å². The fourth-order valence-electron chi connectivity index (χ4n) is 2.78. The van der Waals surface area contributed by atoms with Gasteiger partial charge in [-0.25, -0.2) is 0 Å². The van der Waals surface area contributed by atoms with Crippen molar-refractivity contribution in [1.29, 1.82) is 0 Å². The van der Waals surface area contributed by atoms with Gasteiger partial charge in [-0.15, -0.1) is 0 Å². The molecule has 7 heteroatoms. The summed E-state index contributed by atoms with van der Waals surface area (Å²) in [6.07, 6.45) is -2.80. The van der Waals surface area contributed by atoms with Gasteiger partial charge in [0.25, 0.3) is 0 Å². The summed E-state index contributed by atoms with van der Waals surface area (Å²) >= 11 is 0. The standard InChI is InChI=1S/C20H18F3N3O/c21-20(22,23)18-11-12-26(25-18)14-19(27)24-17(16-9-5-2-6-10-16)13-15-7-3-1-4-8-15/h1-12,17H,13-14H2,(H,24,27)/t17-/m1/s1. The van der Waals surface area contributed by atoms with Crippen LogP contribution in [-0.4, -0.2) is 15.7 Å². The molecule has 27 heavy (non-hydrogen) atoms. The Morgan fingerprint density at radius 2 is 1.63 bits per heavy atom. The summed E-state index contributed by atoms with van der Waals surface area (Å²) in [7, 11) is 0. The highest BCUT2D eigenvalue weighted by Gasteiger charge is 2.33. The molecular weight excluding hydrogens is 355 g/mol. The van der Waals surface area contributed by atoms with Gasteiger partial charge in [-0.05, 0) is 23.6 Å². The third-order valence-corrected chi connectivity index (χ3v) is 4.06. The number of benzene rings is 2. The van der Waals surface area contributed by atoms with Crippen LogP contribution in [0.15, 0.2) is 72.9 Å². The number of carbonyl (C=O) groups is 1. The van der Waals surface area contributed by atoms with Gasteiger partial charge >= 0.3 is 6.18 Å². The minimum atomic E-state index is -4.53. The fourth-order valence-corrected chi connectivity index (χ4v) is 2.78. The zero-order valence-corrected chi connectivity index (χ0v) is 14.4. The van der Waals surface area contributed by atoms with E-state index in [2.05, 4.69) is 10.4 Å².